The van der Waals surface area contributed by atoms with Crippen molar-refractivity contribution in [3.05, 3.63) is 70.2 Å². The van der Waals surface area contributed by atoms with Crippen LogP contribution >= 0.6 is 35.6 Å². The van der Waals surface area contributed by atoms with E-state index in [9.17, 15) is 4.79 Å². The monoisotopic (exact) mass is 463 g/mol. The molecule has 3 aromatic rings. The van der Waals surface area contributed by atoms with Gasteiger partial charge in [0.25, 0.3) is 5.91 Å². The maximum absolute atomic E-state index is 13.0. The van der Waals surface area contributed by atoms with Gasteiger partial charge in [0.05, 0.1) is 22.0 Å². The highest BCUT2D eigenvalue weighted by Gasteiger charge is 2.24. The molecule has 3 N–H and O–H groups in total. The van der Waals surface area contributed by atoms with E-state index in [1.807, 2.05) is 59.2 Å². The van der Waals surface area contributed by atoms with Gasteiger partial charge in [-0.3, -0.25) is 9.36 Å². The van der Waals surface area contributed by atoms with Crippen molar-refractivity contribution < 1.29 is 4.79 Å². The first-order valence-electron chi connectivity index (χ1n) is 9.87. The predicted octanol–water partition coefficient (Wildman–Crippen LogP) is 6.52. The summed E-state index contributed by atoms with van der Waals surface area (Å²) in [5.74, 6) is 0.228. The summed E-state index contributed by atoms with van der Waals surface area (Å²) < 4.78 is 1.83. The number of rotatable bonds is 4. The van der Waals surface area contributed by atoms with E-state index in [-0.39, 0.29) is 24.4 Å². The first-order chi connectivity index (χ1) is 14.0. The highest BCUT2D eigenvalue weighted by Crippen LogP contribution is 2.35. The summed E-state index contributed by atoms with van der Waals surface area (Å²) in [4.78, 5) is 13.0. The van der Waals surface area contributed by atoms with Crippen molar-refractivity contribution in [1.82, 2.24) is 9.88 Å². The molecule has 1 aliphatic rings. The van der Waals surface area contributed by atoms with E-state index in [2.05, 4.69) is 5.32 Å². The normalized spacial score (nSPS) is 14.2. The number of nitrogens with two attached hydrogens (primary N) is 1. The number of anilines is 1. The van der Waals surface area contributed by atoms with Crippen LogP contribution in [0.15, 0.2) is 54.6 Å². The molecule has 30 heavy (non-hydrogen) atoms. The van der Waals surface area contributed by atoms with Gasteiger partial charge >= 0.3 is 0 Å². The maximum Gasteiger partial charge on any atom is 0.255 e. The Morgan fingerprint density at radius 3 is 2.33 bits per heavy atom. The number of halogens is 3. The molecule has 1 amide bonds. The lowest BCUT2D eigenvalue weighted by atomic mass is 9.95. The summed E-state index contributed by atoms with van der Waals surface area (Å²) in [6.45, 7) is 0. The van der Waals surface area contributed by atoms with Gasteiger partial charge in [-0.25, -0.2) is 0 Å². The molecule has 4 nitrogen and oxygen atoms in total. The molecule has 0 spiro atoms. The molecule has 0 radical (unpaired) electrons. The summed E-state index contributed by atoms with van der Waals surface area (Å²) in [6.07, 6.45) is 5.56. The molecule has 1 aromatic heterocycles. The molecule has 0 atom stereocenters. The largest absolute Gasteiger partial charge is 0.384 e. The lowest BCUT2D eigenvalue weighted by Gasteiger charge is -2.22. The second-order valence-corrected chi connectivity index (χ2v) is 8.27. The Kier molecular flexibility index (Phi) is 7.35. The number of nitrogens with one attached hydrogen (secondary N) is 1. The Hall–Kier alpha value is -2.14. The van der Waals surface area contributed by atoms with Crippen LogP contribution in [-0.2, 0) is 0 Å². The van der Waals surface area contributed by atoms with E-state index in [1.54, 1.807) is 0 Å². The summed E-state index contributed by atoms with van der Waals surface area (Å²) in [7, 11) is 0. The topological polar surface area (TPSA) is 60.1 Å². The smallest absolute Gasteiger partial charge is 0.255 e. The summed E-state index contributed by atoms with van der Waals surface area (Å²) >= 11 is 12.5. The Morgan fingerprint density at radius 2 is 1.67 bits per heavy atom. The minimum Gasteiger partial charge on any atom is -0.384 e. The number of nitrogen functional groups attached to an aromatic ring is 1. The molecule has 2 aromatic carbocycles. The Balaban J connectivity index is 0.00000256. The third kappa shape index (κ3) is 4.61. The van der Waals surface area contributed by atoms with Gasteiger partial charge in [0.15, 0.2) is 0 Å². The molecule has 0 aliphatic heterocycles. The van der Waals surface area contributed by atoms with E-state index in [4.69, 9.17) is 28.9 Å². The van der Waals surface area contributed by atoms with Gasteiger partial charge in [-0.05, 0) is 48.7 Å². The quantitative estimate of drug-likeness (QED) is 0.462. The first kappa shape index (κ1) is 22.5. The van der Waals surface area contributed by atoms with Crippen LogP contribution in [0.2, 0.25) is 10.0 Å². The number of nitrogens with zero attached hydrogens (tertiary/aromatic N) is 1. The molecule has 0 saturated heterocycles. The van der Waals surface area contributed by atoms with Crippen LogP contribution in [0.4, 0.5) is 5.82 Å². The van der Waals surface area contributed by atoms with Crippen molar-refractivity contribution in [2.75, 3.05) is 5.73 Å². The molecular formula is C23H24Cl3N3O. The Labute approximate surface area is 192 Å². The Bertz CT molecular complexity index is 1020. The van der Waals surface area contributed by atoms with E-state index in [0.717, 1.165) is 42.6 Å². The van der Waals surface area contributed by atoms with Crippen molar-refractivity contribution in [2.45, 2.75) is 38.1 Å². The number of hydrogen-bond donors (Lipinski definition) is 2. The molecule has 1 saturated carbocycles. The van der Waals surface area contributed by atoms with Crippen LogP contribution in [0.5, 0.6) is 0 Å². The molecule has 0 unspecified atom stereocenters. The van der Waals surface area contributed by atoms with Gasteiger partial charge in [0.1, 0.15) is 5.82 Å². The second kappa shape index (κ2) is 9.78. The van der Waals surface area contributed by atoms with Gasteiger partial charge in [-0.2, -0.15) is 0 Å². The van der Waals surface area contributed by atoms with E-state index in [1.165, 1.54) is 6.42 Å². The van der Waals surface area contributed by atoms with E-state index < -0.39 is 0 Å². The lowest BCUT2D eigenvalue weighted by Crippen LogP contribution is -2.36. The van der Waals surface area contributed by atoms with Crippen LogP contribution in [0.25, 0.3) is 16.9 Å². The highest BCUT2D eigenvalue weighted by molar-refractivity contribution is 6.32. The first-order valence-corrected chi connectivity index (χ1v) is 10.6. The van der Waals surface area contributed by atoms with Crippen molar-refractivity contribution in [3.8, 4) is 16.9 Å². The van der Waals surface area contributed by atoms with Gasteiger partial charge in [-0.1, -0.05) is 66.7 Å². The van der Waals surface area contributed by atoms with Crippen molar-refractivity contribution in [2.24, 2.45) is 0 Å². The SMILES string of the molecule is Cl.Nc1c(C(=O)NC2CCCCC2)cc(-c2ccc(Cl)cc2)n1-c1ccccc1Cl. The van der Waals surface area contributed by atoms with E-state index >= 15 is 0 Å². The number of carbonyl (C=O) groups excluding carboxylic acids is 1. The van der Waals surface area contributed by atoms with Crippen LogP contribution in [0, 0.1) is 0 Å². The van der Waals surface area contributed by atoms with Crippen LogP contribution < -0.4 is 11.1 Å². The van der Waals surface area contributed by atoms with Crippen LogP contribution in [0.1, 0.15) is 42.5 Å². The fraction of sp³-hybridized carbons (Fsp3) is 0.261. The Morgan fingerprint density at radius 1 is 1.00 bits per heavy atom. The molecule has 0 bridgehead atoms. The van der Waals surface area contributed by atoms with E-state index in [0.29, 0.717) is 21.4 Å². The summed E-state index contributed by atoms with van der Waals surface area (Å²) in [5.41, 5.74) is 9.38. The molecule has 1 heterocycles. The molecular weight excluding hydrogens is 441 g/mol. The van der Waals surface area contributed by atoms with Crippen molar-refractivity contribution in [3.63, 3.8) is 0 Å². The third-order valence-electron chi connectivity index (χ3n) is 5.46. The van der Waals surface area contributed by atoms with Gasteiger partial charge in [0, 0.05) is 11.1 Å². The number of amides is 1. The highest BCUT2D eigenvalue weighted by atomic mass is 35.5. The van der Waals surface area contributed by atoms with Crippen LogP contribution in [0.3, 0.4) is 0 Å². The number of para-hydroxylation sites is 1. The fourth-order valence-corrected chi connectivity index (χ4v) is 4.29. The van der Waals surface area contributed by atoms with Crippen LogP contribution in [-0.4, -0.2) is 16.5 Å². The zero-order valence-corrected chi connectivity index (χ0v) is 18.7. The third-order valence-corrected chi connectivity index (χ3v) is 6.03. The molecule has 7 heteroatoms. The zero-order valence-electron chi connectivity index (χ0n) is 16.4. The fourth-order valence-electron chi connectivity index (χ4n) is 3.94. The minimum absolute atomic E-state index is 0. The number of carbonyl (C=O) groups is 1. The average molecular weight is 465 g/mol. The van der Waals surface area contributed by atoms with Gasteiger partial charge < -0.3 is 11.1 Å². The number of benzene rings is 2. The van der Waals surface area contributed by atoms with Gasteiger partial charge in [-0.15, -0.1) is 12.4 Å². The summed E-state index contributed by atoms with van der Waals surface area (Å²) in [6, 6.07) is 17.0. The molecule has 1 aliphatic carbocycles. The number of aromatic nitrogens is 1. The van der Waals surface area contributed by atoms with Gasteiger partial charge in [0.2, 0.25) is 0 Å². The predicted molar refractivity (Wildman–Crippen MR) is 127 cm³/mol. The molecule has 1 fully saturated rings. The molecule has 4 rings (SSSR count). The average Bonchev–Trinajstić information content (AvgIpc) is 3.07. The zero-order chi connectivity index (χ0) is 20.4. The lowest BCUT2D eigenvalue weighted by molar-refractivity contribution is 0.0929. The summed E-state index contributed by atoms with van der Waals surface area (Å²) in [5, 5.41) is 4.36. The van der Waals surface area contributed by atoms with Crippen molar-refractivity contribution >= 4 is 47.3 Å². The standard InChI is InChI=1S/C23H23Cl2N3O.ClH/c24-16-12-10-15(11-13-16)21-14-18(23(29)27-17-6-2-1-3-7-17)22(26)28(21)20-9-5-4-8-19(20)25;/h4-5,8-14,17H,1-3,6-7,26H2,(H,27,29);1H. The minimum atomic E-state index is -0.143. The number of hydrogen-bond acceptors (Lipinski definition) is 2. The second-order valence-electron chi connectivity index (χ2n) is 7.43. The molecule has 158 valence electrons. The maximum atomic E-state index is 13.0. The van der Waals surface area contributed by atoms with Crippen molar-refractivity contribution in [1.29, 1.82) is 0 Å².